The van der Waals surface area contributed by atoms with Gasteiger partial charge in [-0.3, -0.25) is 4.79 Å². The Morgan fingerprint density at radius 2 is 1.88 bits per heavy atom. The molecule has 2 aromatic carbocycles. The fourth-order valence-corrected chi connectivity index (χ4v) is 2.88. The van der Waals surface area contributed by atoms with Crippen LogP contribution in [0.4, 0.5) is 0 Å². The molecular weight excluding hydrogens is 316 g/mol. The molecule has 0 aromatic heterocycles. The minimum Gasteiger partial charge on any atom is -0.497 e. The van der Waals surface area contributed by atoms with Crippen molar-refractivity contribution >= 4 is 5.91 Å². The number of piperidine rings is 1. The summed E-state index contributed by atoms with van der Waals surface area (Å²) in [5.41, 5.74) is 1.60. The van der Waals surface area contributed by atoms with Crippen molar-refractivity contribution in [2.24, 2.45) is 0 Å². The average Bonchev–Trinajstić information content (AvgIpc) is 2.67. The first-order valence-corrected chi connectivity index (χ1v) is 8.63. The molecule has 1 heterocycles. The van der Waals surface area contributed by atoms with E-state index in [9.17, 15) is 4.79 Å². The lowest BCUT2D eigenvalue weighted by molar-refractivity contribution is 0.0949. The van der Waals surface area contributed by atoms with Crippen molar-refractivity contribution < 1.29 is 14.3 Å². The molecule has 1 aliphatic heterocycles. The van der Waals surface area contributed by atoms with Crippen LogP contribution >= 0.6 is 0 Å². The van der Waals surface area contributed by atoms with Gasteiger partial charge >= 0.3 is 0 Å². The zero-order valence-corrected chi connectivity index (χ0v) is 14.5. The molecule has 1 saturated heterocycles. The quantitative estimate of drug-likeness (QED) is 0.849. The van der Waals surface area contributed by atoms with Crippen LogP contribution in [-0.2, 0) is 6.54 Å². The minimum atomic E-state index is -0.112. The maximum absolute atomic E-state index is 12.4. The third kappa shape index (κ3) is 4.97. The van der Waals surface area contributed by atoms with Crippen LogP contribution in [0.2, 0.25) is 0 Å². The first kappa shape index (κ1) is 17.3. The van der Waals surface area contributed by atoms with E-state index in [0.29, 0.717) is 12.1 Å². The first-order valence-electron chi connectivity index (χ1n) is 8.63. The van der Waals surface area contributed by atoms with E-state index in [1.165, 1.54) is 0 Å². The second kappa shape index (κ2) is 8.53. The fourth-order valence-electron chi connectivity index (χ4n) is 2.88. The molecule has 1 aliphatic rings. The van der Waals surface area contributed by atoms with Crippen LogP contribution in [0, 0.1) is 0 Å². The van der Waals surface area contributed by atoms with Gasteiger partial charge in [0.05, 0.1) is 7.11 Å². The molecule has 1 fully saturated rings. The highest BCUT2D eigenvalue weighted by atomic mass is 16.5. The summed E-state index contributed by atoms with van der Waals surface area (Å²) in [6.45, 7) is 2.41. The van der Waals surface area contributed by atoms with Gasteiger partial charge in [-0.1, -0.05) is 18.2 Å². The van der Waals surface area contributed by atoms with E-state index in [2.05, 4.69) is 10.6 Å². The van der Waals surface area contributed by atoms with E-state index < -0.39 is 0 Å². The molecule has 0 saturated carbocycles. The third-order valence-corrected chi connectivity index (χ3v) is 4.27. The Morgan fingerprint density at radius 1 is 1.12 bits per heavy atom. The Morgan fingerprint density at radius 3 is 2.68 bits per heavy atom. The highest BCUT2D eigenvalue weighted by molar-refractivity contribution is 5.94. The summed E-state index contributed by atoms with van der Waals surface area (Å²) < 4.78 is 11.2. The van der Waals surface area contributed by atoms with E-state index >= 15 is 0 Å². The number of ether oxygens (including phenoxy) is 2. The Kier molecular flexibility index (Phi) is 5.90. The summed E-state index contributed by atoms with van der Waals surface area (Å²) in [5, 5.41) is 6.25. The van der Waals surface area contributed by atoms with E-state index in [4.69, 9.17) is 9.47 Å². The Bertz CT molecular complexity index is 712. The normalized spacial score (nSPS) is 14.8. The van der Waals surface area contributed by atoms with Gasteiger partial charge in [0.2, 0.25) is 0 Å². The first-order chi connectivity index (χ1) is 12.2. The van der Waals surface area contributed by atoms with Crippen molar-refractivity contribution in [3.8, 4) is 11.5 Å². The number of carbonyl (C=O) groups excluding carboxylic acids is 1. The van der Waals surface area contributed by atoms with Crippen molar-refractivity contribution in [3.05, 3.63) is 59.7 Å². The maximum Gasteiger partial charge on any atom is 0.251 e. The summed E-state index contributed by atoms with van der Waals surface area (Å²) in [5.74, 6) is 1.42. The van der Waals surface area contributed by atoms with Gasteiger partial charge in [-0.05, 0) is 61.8 Å². The lowest BCUT2D eigenvalue weighted by Crippen LogP contribution is -2.34. The maximum atomic E-state index is 12.4. The molecule has 132 valence electrons. The van der Waals surface area contributed by atoms with E-state index in [0.717, 1.165) is 43.0 Å². The number of rotatable bonds is 6. The average molecular weight is 340 g/mol. The van der Waals surface area contributed by atoms with E-state index in [1.807, 2.05) is 42.5 Å². The molecule has 0 unspecified atom stereocenters. The standard InChI is InChI=1S/C20H24N2O3/c1-24-18-6-2-4-15(12-18)14-22-20(23)16-5-3-7-19(13-16)25-17-8-10-21-11-9-17/h2-7,12-13,17,21H,8-11,14H2,1H3,(H,22,23). The zero-order valence-electron chi connectivity index (χ0n) is 14.5. The molecule has 0 radical (unpaired) electrons. The van der Waals surface area contributed by atoms with Gasteiger partial charge in [0, 0.05) is 12.1 Å². The summed E-state index contributed by atoms with van der Waals surface area (Å²) in [7, 11) is 1.63. The summed E-state index contributed by atoms with van der Waals surface area (Å²) in [6.07, 6.45) is 2.20. The van der Waals surface area contributed by atoms with Crippen molar-refractivity contribution in [1.82, 2.24) is 10.6 Å². The molecule has 2 N–H and O–H groups in total. The Hall–Kier alpha value is -2.53. The van der Waals surface area contributed by atoms with E-state index in [1.54, 1.807) is 13.2 Å². The SMILES string of the molecule is COc1cccc(CNC(=O)c2cccc(OC3CCNCC3)c2)c1. The zero-order chi connectivity index (χ0) is 17.5. The number of methoxy groups -OCH3 is 1. The summed E-state index contributed by atoms with van der Waals surface area (Å²) >= 11 is 0. The summed E-state index contributed by atoms with van der Waals surface area (Å²) in [6, 6.07) is 15.0. The number of nitrogens with one attached hydrogen (secondary N) is 2. The molecule has 25 heavy (non-hydrogen) atoms. The molecule has 5 heteroatoms. The van der Waals surface area contributed by atoms with Gasteiger partial charge in [0.15, 0.2) is 0 Å². The van der Waals surface area contributed by atoms with Crippen molar-refractivity contribution in [1.29, 1.82) is 0 Å². The van der Waals surface area contributed by atoms with Crippen LogP contribution in [-0.4, -0.2) is 32.2 Å². The fraction of sp³-hybridized carbons (Fsp3) is 0.350. The number of hydrogen-bond acceptors (Lipinski definition) is 4. The van der Waals surface area contributed by atoms with Crippen LogP contribution in [0.1, 0.15) is 28.8 Å². The predicted octanol–water partition coefficient (Wildman–Crippen LogP) is 2.76. The number of amides is 1. The van der Waals surface area contributed by atoms with E-state index in [-0.39, 0.29) is 12.0 Å². The van der Waals surface area contributed by atoms with Gasteiger partial charge in [-0.25, -0.2) is 0 Å². The molecule has 5 nitrogen and oxygen atoms in total. The highest BCUT2D eigenvalue weighted by Gasteiger charge is 2.15. The van der Waals surface area contributed by atoms with Crippen LogP contribution in [0.25, 0.3) is 0 Å². The molecule has 1 amide bonds. The van der Waals surface area contributed by atoms with Gasteiger partial charge in [0.25, 0.3) is 5.91 Å². The Balaban J connectivity index is 1.58. The second-order valence-electron chi connectivity index (χ2n) is 6.13. The number of hydrogen-bond donors (Lipinski definition) is 2. The summed E-state index contributed by atoms with van der Waals surface area (Å²) in [4.78, 5) is 12.4. The largest absolute Gasteiger partial charge is 0.497 e. The van der Waals surface area contributed by atoms with Gasteiger partial charge in [0.1, 0.15) is 17.6 Å². The van der Waals surface area contributed by atoms with Gasteiger partial charge < -0.3 is 20.1 Å². The number of benzene rings is 2. The topological polar surface area (TPSA) is 59.6 Å². The predicted molar refractivity (Wildman–Crippen MR) is 97.1 cm³/mol. The minimum absolute atomic E-state index is 0.112. The molecule has 3 rings (SSSR count). The smallest absolute Gasteiger partial charge is 0.251 e. The van der Waals surface area contributed by atoms with Crippen molar-refractivity contribution in [3.63, 3.8) is 0 Å². The van der Waals surface area contributed by atoms with Gasteiger partial charge in [-0.15, -0.1) is 0 Å². The lowest BCUT2D eigenvalue weighted by atomic mass is 10.1. The van der Waals surface area contributed by atoms with Crippen molar-refractivity contribution in [2.45, 2.75) is 25.5 Å². The van der Waals surface area contributed by atoms with Crippen LogP contribution in [0.15, 0.2) is 48.5 Å². The Labute approximate surface area is 148 Å². The van der Waals surface area contributed by atoms with Crippen LogP contribution in [0.5, 0.6) is 11.5 Å². The number of carbonyl (C=O) groups is 1. The second-order valence-corrected chi connectivity index (χ2v) is 6.13. The molecule has 0 bridgehead atoms. The molecule has 2 aromatic rings. The molecule has 0 aliphatic carbocycles. The highest BCUT2D eigenvalue weighted by Crippen LogP contribution is 2.18. The third-order valence-electron chi connectivity index (χ3n) is 4.27. The molecular formula is C20H24N2O3. The van der Waals surface area contributed by atoms with Crippen molar-refractivity contribution in [2.75, 3.05) is 20.2 Å². The monoisotopic (exact) mass is 340 g/mol. The van der Waals surface area contributed by atoms with Crippen LogP contribution < -0.4 is 20.1 Å². The molecule has 0 spiro atoms. The molecule has 0 atom stereocenters. The van der Waals surface area contributed by atoms with Gasteiger partial charge in [-0.2, -0.15) is 0 Å². The lowest BCUT2D eigenvalue weighted by Gasteiger charge is -2.24. The van der Waals surface area contributed by atoms with Crippen LogP contribution in [0.3, 0.4) is 0 Å².